The zero-order valence-corrected chi connectivity index (χ0v) is 7.84. The zero-order valence-electron chi connectivity index (χ0n) is 6.26. The molecule has 0 fully saturated rings. The molecule has 0 bridgehead atoms. The molecule has 0 saturated carbocycles. The van der Waals surface area contributed by atoms with Gasteiger partial charge in [0.05, 0.1) is 0 Å². The quantitative estimate of drug-likeness (QED) is 0.408. The van der Waals surface area contributed by atoms with E-state index in [9.17, 15) is 0 Å². The van der Waals surface area contributed by atoms with Gasteiger partial charge in [-0.1, -0.05) is 35.7 Å². The first kappa shape index (κ1) is 10.5. The Morgan fingerprint density at radius 3 is 2.40 bits per heavy atom. The Morgan fingerprint density at radius 1 is 1.40 bits per heavy atom. The van der Waals surface area contributed by atoms with Crippen molar-refractivity contribution >= 4 is 23.0 Å². The Hall–Kier alpha value is 0.465. The first-order valence-corrected chi connectivity index (χ1v) is 4.72. The number of alkyl halides is 1. The second-order valence-corrected chi connectivity index (χ2v) is 3.37. The lowest BCUT2D eigenvalue weighted by Crippen LogP contribution is -2.17. The fraction of sp³-hybridized carbons (Fsp3) is 1.00. The second-order valence-electron chi connectivity index (χ2n) is 2.58. The van der Waals surface area contributed by atoms with Crippen LogP contribution in [-0.4, -0.2) is 22.5 Å². The van der Waals surface area contributed by atoms with Crippen LogP contribution in [-0.2, 0) is 0 Å². The SMILES string of the molecule is CC(CCCCBr)B(O)O. The van der Waals surface area contributed by atoms with Crippen LogP contribution < -0.4 is 0 Å². The van der Waals surface area contributed by atoms with E-state index in [1.165, 1.54) is 0 Å². The lowest BCUT2D eigenvalue weighted by atomic mass is 9.72. The molecule has 2 N–H and O–H groups in total. The van der Waals surface area contributed by atoms with Gasteiger partial charge in [0.15, 0.2) is 0 Å². The minimum absolute atomic E-state index is 0.0130. The summed E-state index contributed by atoms with van der Waals surface area (Å²) in [5.41, 5.74) is 0. The first-order valence-electron chi connectivity index (χ1n) is 3.60. The Bertz CT molecular complexity index is 80.1. The molecule has 1 atom stereocenters. The van der Waals surface area contributed by atoms with Crippen LogP contribution in [0, 0.1) is 0 Å². The molecule has 60 valence electrons. The van der Waals surface area contributed by atoms with Crippen LogP contribution in [0.2, 0.25) is 5.82 Å². The molecule has 0 aliphatic heterocycles. The molecule has 0 aromatic rings. The van der Waals surface area contributed by atoms with Gasteiger partial charge in [0, 0.05) is 5.33 Å². The van der Waals surface area contributed by atoms with Gasteiger partial charge in [0.1, 0.15) is 0 Å². The van der Waals surface area contributed by atoms with E-state index < -0.39 is 7.12 Å². The van der Waals surface area contributed by atoms with Gasteiger partial charge in [0.2, 0.25) is 0 Å². The monoisotopic (exact) mass is 208 g/mol. The third kappa shape index (κ3) is 5.27. The van der Waals surface area contributed by atoms with Crippen LogP contribution in [0.5, 0.6) is 0 Å². The summed E-state index contributed by atoms with van der Waals surface area (Å²) in [5, 5.41) is 18.3. The van der Waals surface area contributed by atoms with Crippen molar-refractivity contribution in [1.82, 2.24) is 0 Å². The molecule has 0 rings (SSSR count). The molecule has 0 aliphatic rings. The average molecular weight is 209 g/mol. The second kappa shape index (κ2) is 6.19. The van der Waals surface area contributed by atoms with Crippen LogP contribution in [0.15, 0.2) is 0 Å². The lowest BCUT2D eigenvalue weighted by molar-refractivity contribution is 0.382. The van der Waals surface area contributed by atoms with Crippen molar-refractivity contribution in [3.63, 3.8) is 0 Å². The summed E-state index contributed by atoms with van der Waals surface area (Å²) in [5.74, 6) is 0.0130. The Balaban J connectivity index is 3.13. The molecule has 0 aliphatic carbocycles. The molecule has 0 heterocycles. The van der Waals surface area contributed by atoms with Crippen molar-refractivity contribution in [3.05, 3.63) is 0 Å². The minimum atomic E-state index is -1.14. The summed E-state index contributed by atoms with van der Waals surface area (Å²) in [6.07, 6.45) is 3.06. The van der Waals surface area contributed by atoms with E-state index in [-0.39, 0.29) is 5.82 Å². The highest BCUT2D eigenvalue weighted by molar-refractivity contribution is 9.09. The van der Waals surface area contributed by atoms with E-state index in [0.717, 1.165) is 24.6 Å². The average Bonchev–Trinajstić information content (AvgIpc) is 1.88. The van der Waals surface area contributed by atoms with Crippen molar-refractivity contribution in [1.29, 1.82) is 0 Å². The number of rotatable bonds is 5. The van der Waals surface area contributed by atoms with Crippen LogP contribution in [0.1, 0.15) is 26.2 Å². The highest BCUT2D eigenvalue weighted by atomic mass is 79.9. The summed E-state index contributed by atoms with van der Waals surface area (Å²) in [6.45, 7) is 1.85. The maximum absolute atomic E-state index is 8.66. The molecule has 4 heteroatoms. The van der Waals surface area contributed by atoms with Gasteiger partial charge in [-0.25, -0.2) is 0 Å². The molecular weight excluding hydrogens is 195 g/mol. The predicted octanol–water partition coefficient (Wildman–Crippen LogP) is 1.41. The molecule has 0 amide bonds. The lowest BCUT2D eigenvalue weighted by Gasteiger charge is -2.07. The van der Waals surface area contributed by atoms with E-state index in [1.807, 2.05) is 6.92 Å². The highest BCUT2D eigenvalue weighted by Gasteiger charge is 2.16. The van der Waals surface area contributed by atoms with Crippen molar-refractivity contribution in [2.24, 2.45) is 0 Å². The van der Waals surface area contributed by atoms with E-state index >= 15 is 0 Å². The standard InChI is InChI=1S/C6H14BBrO2/c1-6(7(9)10)4-2-3-5-8/h6,9-10H,2-5H2,1H3. The fourth-order valence-corrected chi connectivity index (χ4v) is 1.11. The molecular formula is C6H14BBrO2. The number of hydrogen-bond acceptors (Lipinski definition) is 2. The van der Waals surface area contributed by atoms with E-state index in [2.05, 4.69) is 15.9 Å². The van der Waals surface area contributed by atoms with Crippen molar-refractivity contribution in [2.75, 3.05) is 5.33 Å². The van der Waals surface area contributed by atoms with Crippen molar-refractivity contribution in [2.45, 2.75) is 32.0 Å². The fourth-order valence-electron chi connectivity index (χ4n) is 0.710. The molecule has 0 aromatic heterocycles. The third-order valence-corrected chi connectivity index (χ3v) is 2.11. The van der Waals surface area contributed by atoms with Crippen LogP contribution in [0.4, 0.5) is 0 Å². The summed E-state index contributed by atoms with van der Waals surface area (Å²) in [4.78, 5) is 0. The van der Waals surface area contributed by atoms with Gasteiger partial charge in [0.25, 0.3) is 0 Å². The Kier molecular flexibility index (Phi) is 6.48. The number of unbranched alkanes of at least 4 members (excludes halogenated alkanes) is 1. The van der Waals surface area contributed by atoms with Gasteiger partial charge >= 0.3 is 7.12 Å². The Morgan fingerprint density at radius 2 is 2.00 bits per heavy atom. The van der Waals surface area contributed by atoms with E-state index in [1.54, 1.807) is 0 Å². The van der Waals surface area contributed by atoms with E-state index in [0.29, 0.717) is 0 Å². The molecule has 2 nitrogen and oxygen atoms in total. The van der Waals surface area contributed by atoms with Gasteiger partial charge in [-0.15, -0.1) is 0 Å². The first-order chi connectivity index (χ1) is 4.68. The Labute approximate surface area is 70.9 Å². The zero-order chi connectivity index (χ0) is 7.98. The normalized spacial score (nSPS) is 13.2. The van der Waals surface area contributed by atoms with Crippen LogP contribution in [0.25, 0.3) is 0 Å². The summed E-state index contributed by atoms with van der Waals surface area (Å²) in [7, 11) is -1.14. The third-order valence-electron chi connectivity index (χ3n) is 1.55. The maximum Gasteiger partial charge on any atom is 0.454 e. The molecule has 1 unspecified atom stereocenters. The summed E-state index contributed by atoms with van der Waals surface area (Å²) < 4.78 is 0. The largest absolute Gasteiger partial charge is 0.454 e. The van der Waals surface area contributed by atoms with Crippen molar-refractivity contribution < 1.29 is 10.0 Å². The number of hydrogen-bond donors (Lipinski definition) is 2. The molecule has 0 aromatic carbocycles. The molecule has 10 heavy (non-hydrogen) atoms. The smallest absolute Gasteiger partial charge is 0.427 e. The highest BCUT2D eigenvalue weighted by Crippen LogP contribution is 2.14. The summed E-state index contributed by atoms with van der Waals surface area (Å²) >= 11 is 3.31. The van der Waals surface area contributed by atoms with Crippen LogP contribution in [0.3, 0.4) is 0 Å². The maximum atomic E-state index is 8.66. The van der Waals surface area contributed by atoms with Gasteiger partial charge in [-0.3, -0.25) is 0 Å². The van der Waals surface area contributed by atoms with Gasteiger partial charge < -0.3 is 10.0 Å². The molecule has 0 saturated heterocycles. The number of halogens is 1. The summed E-state index contributed by atoms with van der Waals surface area (Å²) in [6, 6.07) is 0. The van der Waals surface area contributed by atoms with Gasteiger partial charge in [-0.05, 0) is 12.2 Å². The van der Waals surface area contributed by atoms with Crippen LogP contribution >= 0.6 is 15.9 Å². The van der Waals surface area contributed by atoms with Crippen molar-refractivity contribution in [3.8, 4) is 0 Å². The molecule has 0 radical (unpaired) electrons. The van der Waals surface area contributed by atoms with E-state index in [4.69, 9.17) is 10.0 Å². The minimum Gasteiger partial charge on any atom is -0.427 e. The topological polar surface area (TPSA) is 40.5 Å². The molecule has 0 spiro atoms. The predicted molar refractivity (Wildman–Crippen MR) is 47.3 cm³/mol. The van der Waals surface area contributed by atoms with Gasteiger partial charge in [-0.2, -0.15) is 0 Å².